The van der Waals surface area contributed by atoms with Gasteiger partial charge in [0.2, 0.25) is 0 Å². The molecule has 1 fully saturated rings. The maximum absolute atomic E-state index is 12.2. The highest BCUT2D eigenvalue weighted by atomic mass is 16.5. The Bertz CT molecular complexity index is 515. The Hall–Kier alpha value is -2.24. The molecule has 6 nitrogen and oxygen atoms in total. The first-order valence-corrected chi connectivity index (χ1v) is 6.92. The molecule has 0 bridgehead atoms. The van der Waals surface area contributed by atoms with Crippen molar-refractivity contribution < 1.29 is 19.4 Å². The van der Waals surface area contributed by atoms with Crippen LogP contribution in [0.15, 0.2) is 24.3 Å². The number of carboxylic acids is 1. The lowest BCUT2D eigenvalue weighted by atomic mass is 10.1. The summed E-state index contributed by atoms with van der Waals surface area (Å²) < 4.78 is 5.08. The Labute approximate surface area is 123 Å². The predicted molar refractivity (Wildman–Crippen MR) is 78.7 cm³/mol. The third kappa shape index (κ3) is 3.65. The molecule has 0 heterocycles. The molecular formula is C15H20N2O4. The minimum absolute atomic E-state index is 0.0701. The van der Waals surface area contributed by atoms with Crippen LogP contribution in [0.2, 0.25) is 0 Å². The monoisotopic (exact) mass is 292 g/mol. The van der Waals surface area contributed by atoms with Gasteiger partial charge in [-0.2, -0.15) is 0 Å². The zero-order valence-corrected chi connectivity index (χ0v) is 12.2. The van der Waals surface area contributed by atoms with Crippen molar-refractivity contribution in [1.82, 2.24) is 5.32 Å². The smallest absolute Gasteiger partial charge is 0.321 e. The standard InChI is InChI=1S/C15H20N2O4/c1-17(12-5-7-13(21-2)8-6-12)15(20)16-11-4-3-10(9-11)14(18)19/h5-8,10-11H,3-4,9H2,1-2H3,(H,16,20)(H,18,19). The minimum atomic E-state index is -0.782. The number of benzene rings is 1. The molecule has 0 spiro atoms. The van der Waals surface area contributed by atoms with Gasteiger partial charge >= 0.3 is 12.0 Å². The van der Waals surface area contributed by atoms with Gasteiger partial charge in [0.1, 0.15) is 5.75 Å². The fourth-order valence-corrected chi connectivity index (χ4v) is 2.53. The second kappa shape index (κ2) is 6.47. The number of ether oxygens (including phenoxy) is 1. The molecule has 2 amide bonds. The Morgan fingerprint density at radius 3 is 2.48 bits per heavy atom. The molecule has 0 saturated heterocycles. The lowest BCUT2D eigenvalue weighted by Gasteiger charge is -2.21. The van der Waals surface area contributed by atoms with Crippen molar-refractivity contribution in [3.05, 3.63) is 24.3 Å². The van der Waals surface area contributed by atoms with E-state index in [0.717, 1.165) is 11.4 Å². The van der Waals surface area contributed by atoms with E-state index in [4.69, 9.17) is 9.84 Å². The second-order valence-electron chi connectivity index (χ2n) is 5.25. The van der Waals surface area contributed by atoms with E-state index in [1.54, 1.807) is 38.4 Å². The number of aliphatic carboxylic acids is 1. The number of hydrogen-bond donors (Lipinski definition) is 2. The van der Waals surface area contributed by atoms with Crippen molar-refractivity contribution >= 4 is 17.7 Å². The third-order valence-electron chi connectivity index (χ3n) is 3.87. The van der Waals surface area contributed by atoms with E-state index in [0.29, 0.717) is 19.3 Å². The lowest BCUT2D eigenvalue weighted by molar-refractivity contribution is -0.141. The molecule has 1 aliphatic rings. The summed E-state index contributed by atoms with van der Waals surface area (Å²) in [6, 6.07) is 6.88. The number of nitrogens with zero attached hydrogens (tertiary/aromatic N) is 1. The van der Waals surface area contributed by atoms with Crippen LogP contribution in [-0.2, 0) is 4.79 Å². The molecule has 1 aromatic rings. The average Bonchev–Trinajstić information content (AvgIpc) is 2.95. The van der Waals surface area contributed by atoms with Crippen molar-refractivity contribution in [2.24, 2.45) is 5.92 Å². The SMILES string of the molecule is COc1ccc(N(C)C(=O)NC2CCC(C(=O)O)C2)cc1. The van der Waals surface area contributed by atoms with Crippen LogP contribution >= 0.6 is 0 Å². The number of carbonyl (C=O) groups is 2. The Kier molecular flexibility index (Phi) is 4.67. The van der Waals surface area contributed by atoms with E-state index in [9.17, 15) is 9.59 Å². The quantitative estimate of drug-likeness (QED) is 0.890. The van der Waals surface area contributed by atoms with Gasteiger partial charge in [0.25, 0.3) is 0 Å². The molecule has 0 radical (unpaired) electrons. The van der Waals surface area contributed by atoms with Crippen LogP contribution in [0, 0.1) is 5.92 Å². The van der Waals surface area contributed by atoms with Crippen molar-refractivity contribution in [3.8, 4) is 5.75 Å². The van der Waals surface area contributed by atoms with E-state index < -0.39 is 5.97 Å². The maximum atomic E-state index is 12.2. The van der Waals surface area contributed by atoms with Crippen molar-refractivity contribution in [1.29, 1.82) is 0 Å². The number of rotatable bonds is 4. The summed E-state index contributed by atoms with van der Waals surface area (Å²) in [5.74, 6) is -0.399. The van der Waals surface area contributed by atoms with E-state index in [-0.39, 0.29) is 18.0 Å². The van der Waals surface area contributed by atoms with Gasteiger partial charge in [-0.3, -0.25) is 9.69 Å². The molecular weight excluding hydrogens is 272 g/mol. The molecule has 2 N–H and O–H groups in total. The summed E-state index contributed by atoms with van der Waals surface area (Å²) in [6.07, 6.45) is 1.82. The first kappa shape index (κ1) is 15.2. The van der Waals surface area contributed by atoms with E-state index in [1.165, 1.54) is 4.90 Å². The summed E-state index contributed by atoms with van der Waals surface area (Å²) in [4.78, 5) is 24.6. The molecule has 2 unspecified atom stereocenters. The number of anilines is 1. The van der Waals surface area contributed by atoms with Gasteiger partial charge in [-0.1, -0.05) is 0 Å². The van der Waals surface area contributed by atoms with Crippen molar-refractivity contribution in [2.75, 3.05) is 19.1 Å². The highest BCUT2D eigenvalue weighted by Crippen LogP contribution is 2.26. The van der Waals surface area contributed by atoms with E-state index in [2.05, 4.69) is 5.32 Å². The molecule has 6 heteroatoms. The predicted octanol–water partition coefficient (Wildman–Crippen LogP) is 2.09. The molecule has 0 aromatic heterocycles. The van der Waals surface area contributed by atoms with Gasteiger partial charge < -0.3 is 15.2 Å². The van der Waals surface area contributed by atoms with Crippen LogP contribution in [0.25, 0.3) is 0 Å². The van der Waals surface area contributed by atoms with Crippen LogP contribution in [0.1, 0.15) is 19.3 Å². The summed E-state index contributed by atoms with van der Waals surface area (Å²) in [7, 11) is 3.27. The van der Waals surface area contributed by atoms with Crippen LogP contribution in [0.3, 0.4) is 0 Å². The number of nitrogens with one attached hydrogen (secondary N) is 1. The number of amides is 2. The summed E-state index contributed by atoms with van der Waals surface area (Å²) in [5, 5.41) is 11.8. The number of methoxy groups -OCH3 is 1. The highest BCUT2D eigenvalue weighted by molar-refractivity contribution is 5.91. The van der Waals surface area contributed by atoms with E-state index in [1.807, 2.05) is 0 Å². The zero-order valence-electron chi connectivity index (χ0n) is 12.2. The maximum Gasteiger partial charge on any atom is 0.321 e. The molecule has 2 rings (SSSR count). The van der Waals surface area contributed by atoms with Crippen LogP contribution in [-0.4, -0.2) is 37.3 Å². The second-order valence-corrected chi connectivity index (χ2v) is 5.25. The van der Waals surface area contributed by atoms with Crippen LogP contribution in [0.4, 0.5) is 10.5 Å². The van der Waals surface area contributed by atoms with Gasteiger partial charge in [0.05, 0.1) is 13.0 Å². The molecule has 21 heavy (non-hydrogen) atoms. The van der Waals surface area contributed by atoms with E-state index >= 15 is 0 Å². The summed E-state index contributed by atoms with van der Waals surface area (Å²) in [5.41, 5.74) is 0.751. The number of hydrogen-bond acceptors (Lipinski definition) is 3. The normalized spacial score (nSPS) is 20.9. The first-order valence-electron chi connectivity index (χ1n) is 6.92. The van der Waals surface area contributed by atoms with Gasteiger partial charge in [-0.15, -0.1) is 0 Å². The van der Waals surface area contributed by atoms with Gasteiger partial charge in [-0.05, 0) is 43.5 Å². The highest BCUT2D eigenvalue weighted by Gasteiger charge is 2.31. The first-order chi connectivity index (χ1) is 10.0. The summed E-state index contributed by atoms with van der Waals surface area (Å²) in [6.45, 7) is 0. The molecule has 1 aromatic carbocycles. The lowest BCUT2D eigenvalue weighted by Crippen LogP contribution is -2.42. The van der Waals surface area contributed by atoms with Gasteiger partial charge in [0, 0.05) is 18.8 Å². The van der Waals surface area contributed by atoms with Crippen molar-refractivity contribution in [3.63, 3.8) is 0 Å². The van der Waals surface area contributed by atoms with Gasteiger partial charge in [0.15, 0.2) is 0 Å². The number of urea groups is 1. The molecule has 2 atom stereocenters. The van der Waals surface area contributed by atoms with Gasteiger partial charge in [-0.25, -0.2) is 4.79 Å². The topological polar surface area (TPSA) is 78.9 Å². The minimum Gasteiger partial charge on any atom is -0.497 e. The van der Waals surface area contributed by atoms with Crippen molar-refractivity contribution in [2.45, 2.75) is 25.3 Å². The Morgan fingerprint density at radius 1 is 1.29 bits per heavy atom. The molecule has 0 aliphatic heterocycles. The van der Waals surface area contributed by atoms with Crippen LogP contribution in [0.5, 0.6) is 5.75 Å². The third-order valence-corrected chi connectivity index (χ3v) is 3.87. The average molecular weight is 292 g/mol. The summed E-state index contributed by atoms with van der Waals surface area (Å²) >= 11 is 0. The molecule has 1 aliphatic carbocycles. The fourth-order valence-electron chi connectivity index (χ4n) is 2.53. The zero-order chi connectivity index (χ0) is 15.4. The number of carbonyl (C=O) groups excluding carboxylic acids is 1. The molecule has 1 saturated carbocycles. The Morgan fingerprint density at radius 2 is 1.95 bits per heavy atom. The Balaban J connectivity index is 1.92. The fraction of sp³-hybridized carbons (Fsp3) is 0.467. The number of carboxylic acid groups (broad SMARTS) is 1. The molecule has 114 valence electrons. The largest absolute Gasteiger partial charge is 0.497 e. The van der Waals surface area contributed by atoms with Crippen LogP contribution < -0.4 is 15.0 Å².